The fourth-order valence-electron chi connectivity index (χ4n) is 2.12. The highest BCUT2D eigenvalue weighted by Crippen LogP contribution is 2.33. The standard InChI is InChI=1S/C17H22F3NO5/c1-16(2,3)26-15(25)21-7-6-13(23)14(24)12-8-11(17(18,19)20)5-4-10(12)9-22/h4-5,8-9,13-14,23-24H,6-7H2,1-3H3,(H,21,25). The third-order valence-corrected chi connectivity index (χ3v) is 3.33. The number of hydrogen-bond acceptors (Lipinski definition) is 5. The summed E-state index contributed by atoms with van der Waals surface area (Å²) in [6.07, 6.45) is -8.46. The monoisotopic (exact) mass is 377 g/mol. The topological polar surface area (TPSA) is 95.9 Å². The third-order valence-electron chi connectivity index (χ3n) is 3.33. The van der Waals surface area contributed by atoms with E-state index in [1.165, 1.54) is 0 Å². The van der Waals surface area contributed by atoms with Crippen LogP contribution >= 0.6 is 0 Å². The van der Waals surface area contributed by atoms with Crippen LogP contribution in [0.5, 0.6) is 0 Å². The Morgan fingerprint density at radius 2 is 1.88 bits per heavy atom. The van der Waals surface area contributed by atoms with Crippen molar-refractivity contribution in [2.24, 2.45) is 0 Å². The van der Waals surface area contributed by atoms with Gasteiger partial charge >= 0.3 is 12.3 Å². The number of alkyl carbamates (subject to hydrolysis) is 1. The highest BCUT2D eigenvalue weighted by Gasteiger charge is 2.32. The molecule has 1 rings (SSSR count). The Morgan fingerprint density at radius 3 is 2.38 bits per heavy atom. The molecule has 0 aliphatic carbocycles. The zero-order valence-electron chi connectivity index (χ0n) is 14.6. The summed E-state index contributed by atoms with van der Waals surface area (Å²) >= 11 is 0. The average Bonchev–Trinajstić information content (AvgIpc) is 2.50. The van der Waals surface area contributed by atoms with Gasteiger partial charge < -0.3 is 20.3 Å². The van der Waals surface area contributed by atoms with Gasteiger partial charge in [-0.15, -0.1) is 0 Å². The number of aliphatic hydroxyl groups is 2. The van der Waals surface area contributed by atoms with E-state index < -0.39 is 35.6 Å². The van der Waals surface area contributed by atoms with E-state index in [9.17, 15) is 33.0 Å². The van der Waals surface area contributed by atoms with Gasteiger partial charge in [-0.3, -0.25) is 4.79 Å². The average molecular weight is 377 g/mol. The van der Waals surface area contributed by atoms with E-state index in [-0.39, 0.29) is 24.1 Å². The molecule has 0 radical (unpaired) electrons. The van der Waals surface area contributed by atoms with Gasteiger partial charge in [-0.05, 0) is 44.9 Å². The van der Waals surface area contributed by atoms with Crippen molar-refractivity contribution in [1.29, 1.82) is 0 Å². The van der Waals surface area contributed by atoms with Crippen LogP contribution in [0.4, 0.5) is 18.0 Å². The van der Waals surface area contributed by atoms with Crippen molar-refractivity contribution in [2.75, 3.05) is 6.54 Å². The number of rotatable bonds is 6. The smallest absolute Gasteiger partial charge is 0.416 e. The normalized spacial score (nSPS) is 14.5. The van der Waals surface area contributed by atoms with Gasteiger partial charge in [-0.2, -0.15) is 13.2 Å². The molecule has 26 heavy (non-hydrogen) atoms. The number of hydrogen-bond donors (Lipinski definition) is 3. The Balaban J connectivity index is 2.77. The van der Waals surface area contributed by atoms with Gasteiger partial charge in [0.05, 0.1) is 11.7 Å². The molecule has 0 bridgehead atoms. The molecule has 0 aliphatic rings. The van der Waals surface area contributed by atoms with E-state index in [1.807, 2.05) is 0 Å². The van der Waals surface area contributed by atoms with Crippen molar-refractivity contribution in [3.05, 3.63) is 34.9 Å². The predicted octanol–water partition coefficient (Wildman–Crippen LogP) is 2.83. The molecule has 6 nitrogen and oxygen atoms in total. The van der Waals surface area contributed by atoms with Gasteiger partial charge in [-0.1, -0.05) is 6.07 Å². The van der Waals surface area contributed by atoms with Gasteiger partial charge in [-0.25, -0.2) is 4.79 Å². The van der Waals surface area contributed by atoms with Gasteiger partial charge in [0.2, 0.25) is 0 Å². The third kappa shape index (κ3) is 6.64. The van der Waals surface area contributed by atoms with Crippen molar-refractivity contribution in [1.82, 2.24) is 5.32 Å². The zero-order valence-corrected chi connectivity index (χ0v) is 14.6. The number of carbonyl (C=O) groups excluding carboxylic acids is 2. The number of alkyl halides is 3. The number of nitrogens with one attached hydrogen (secondary N) is 1. The molecule has 0 heterocycles. The minimum Gasteiger partial charge on any atom is -0.444 e. The second kappa shape index (κ2) is 8.50. The van der Waals surface area contributed by atoms with Crippen LogP contribution in [0.25, 0.3) is 0 Å². The fourth-order valence-corrected chi connectivity index (χ4v) is 2.12. The number of aldehydes is 1. The van der Waals surface area contributed by atoms with Crippen LogP contribution in [-0.4, -0.2) is 40.8 Å². The lowest BCUT2D eigenvalue weighted by molar-refractivity contribution is -0.137. The molecule has 9 heteroatoms. The van der Waals surface area contributed by atoms with Gasteiger partial charge in [0.1, 0.15) is 18.0 Å². The van der Waals surface area contributed by atoms with Crippen molar-refractivity contribution in [2.45, 2.75) is 51.2 Å². The molecule has 1 aromatic carbocycles. The first-order valence-corrected chi connectivity index (χ1v) is 7.84. The van der Waals surface area contributed by atoms with Gasteiger partial charge in [0.15, 0.2) is 0 Å². The first kappa shape index (κ1) is 21.9. The molecular weight excluding hydrogens is 355 g/mol. The zero-order chi connectivity index (χ0) is 20.1. The lowest BCUT2D eigenvalue weighted by Gasteiger charge is -2.22. The molecule has 2 atom stereocenters. The Hall–Kier alpha value is -2.13. The summed E-state index contributed by atoms with van der Waals surface area (Å²) in [6.45, 7) is 4.92. The molecule has 1 aromatic rings. The van der Waals surface area contributed by atoms with E-state index >= 15 is 0 Å². The summed E-state index contributed by atoms with van der Waals surface area (Å²) in [5, 5.41) is 22.5. The number of halogens is 3. The number of amides is 1. The molecule has 0 spiro atoms. The Bertz CT molecular complexity index is 640. The van der Waals surface area contributed by atoms with Gasteiger partial charge in [0, 0.05) is 12.1 Å². The Labute approximate surface area is 149 Å². The van der Waals surface area contributed by atoms with Crippen molar-refractivity contribution >= 4 is 12.4 Å². The van der Waals surface area contributed by atoms with Crippen LogP contribution in [0.2, 0.25) is 0 Å². The van der Waals surface area contributed by atoms with E-state index in [0.717, 1.165) is 12.1 Å². The van der Waals surface area contributed by atoms with Crippen LogP contribution in [0.15, 0.2) is 18.2 Å². The first-order chi connectivity index (χ1) is 11.8. The van der Waals surface area contributed by atoms with E-state index in [0.29, 0.717) is 12.4 Å². The lowest BCUT2D eigenvalue weighted by Crippen LogP contribution is -2.34. The number of carbonyl (C=O) groups is 2. The van der Waals surface area contributed by atoms with E-state index in [1.54, 1.807) is 20.8 Å². The minimum atomic E-state index is -4.65. The summed E-state index contributed by atoms with van der Waals surface area (Å²) in [6, 6.07) is 2.27. The summed E-state index contributed by atoms with van der Waals surface area (Å²) in [4.78, 5) is 22.5. The van der Waals surface area contributed by atoms with Crippen LogP contribution in [0.3, 0.4) is 0 Å². The van der Waals surface area contributed by atoms with E-state index in [4.69, 9.17) is 4.74 Å². The molecule has 0 aromatic heterocycles. The van der Waals surface area contributed by atoms with Crippen LogP contribution < -0.4 is 5.32 Å². The lowest BCUT2D eigenvalue weighted by atomic mass is 9.95. The molecule has 0 fully saturated rings. The maximum atomic E-state index is 12.8. The maximum Gasteiger partial charge on any atom is 0.416 e. The van der Waals surface area contributed by atoms with Gasteiger partial charge in [0.25, 0.3) is 0 Å². The Morgan fingerprint density at radius 1 is 1.27 bits per heavy atom. The fraction of sp³-hybridized carbons (Fsp3) is 0.529. The molecule has 3 N–H and O–H groups in total. The Kier molecular flexibility index (Phi) is 7.16. The predicted molar refractivity (Wildman–Crippen MR) is 86.7 cm³/mol. The van der Waals surface area contributed by atoms with Crippen molar-refractivity contribution < 1.29 is 37.7 Å². The summed E-state index contributed by atoms with van der Waals surface area (Å²) in [5.74, 6) is 0. The minimum absolute atomic E-state index is 0.0808. The molecular formula is C17H22F3NO5. The SMILES string of the molecule is CC(C)(C)OC(=O)NCCC(O)C(O)c1cc(C(F)(F)F)ccc1C=O. The number of aliphatic hydroxyl groups excluding tert-OH is 2. The first-order valence-electron chi connectivity index (χ1n) is 7.84. The van der Waals surface area contributed by atoms with Crippen LogP contribution in [-0.2, 0) is 10.9 Å². The van der Waals surface area contributed by atoms with E-state index in [2.05, 4.69) is 5.32 Å². The quantitative estimate of drug-likeness (QED) is 0.663. The summed E-state index contributed by atoms with van der Waals surface area (Å²) in [7, 11) is 0. The van der Waals surface area contributed by atoms with Crippen molar-refractivity contribution in [3.8, 4) is 0 Å². The van der Waals surface area contributed by atoms with Crippen LogP contribution in [0, 0.1) is 0 Å². The summed E-state index contributed by atoms with van der Waals surface area (Å²) < 4.78 is 43.4. The molecule has 2 unspecified atom stereocenters. The molecule has 0 saturated carbocycles. The second-order valence-electron chi connectivity index (χ2n) is 6.69. The number of ether oxygens (including phenoxy) is 1. The molecule has 1 amide bonds. The molecule has 146 valence electrons. The largest absolute Gasteiger partial charge is 0.444 e. The highest BCUT2D eigenvalue weighted by molar-refractivity contribution is 5.77. The number of benzene rings is 1. The molecule has 0 saturated heterocycles. The van der Waals surface area contributed by atoms with Crippen LogP contribution in [0.1, 0.15) is 54.8 Å². The van der Waals surface area contributed by atoms with Crippen molar-refractivity contribution in [3.63, 3.8) is 0 Å². The molecule has 0 aliphatic heterocycles. The highest BCUT2D eigenvalue weighted by atomic mass is 19.4. The summed E-state index contributed by atoms with van der Waals surface area (Å²) in [5.41, 5.74) is -2.25. The second-order valence-corrected chi connectivity index (χ2v) is 6.69. The maximum absolute atomic E-state index is 12.8.